The molecule has 0 bridgehead atoms. The van der Waals surface area contributed by atoms with Crippen LogP contribution in [0.3, 0.4) is 0 Å². The molecular weight excluding hydrogens is 344 g/mol. The Bertz CT molecular complexity index is 939. The molecule has 0 atom stereocenters. The second kappa shape index (κ2) is 7.50. The van der Waals surface area contributed by atoms with Crippen LogP contribution in [0.25, 0.3) is 11.5 Å². The zero-order valence-electron chi connectivity index (χ0n) is 15.6. The smallest absolute Gasteiger partial charge is 0.271 e. The van der Waals surface area contributed by atoms with E-state index in [1.165, 1.54) is 0 Å². The van der Waals surface area contributed by atoms with Gasteiger partial charge < -0.3 is 10.1 Å². The Kier molecular flexibility index (Phi) is 4.91. The fourth-order valence-corrected chi connectivity index (χ4v) is 3.24. The van der Waals surface area contributed by atoms with Crippen molar-refractivity contribution in [3.05, 3.63) is 48.3 Å². The fraction of sp³-hybridized carbons (Fsp3) is 0.421. The number of carbonyl (C=O) groups is 1. The summed E-state index contributed by atoms with van der Waals surface area (Å²) >= 11 is 0. The fourth-order valence-electron chi connectivity index (χ4n) is 3.24. The van der Waals surface area contributed by atoms with E-state index in [9.17, 15) is 4.79 Å². The standard InChI is InChI=1S/C19H24N6O2/c1-14(2)21-18(26)16-12-24(13-20-16)19-22-15(11-23-7-9-27-10-8-23)17-5-3-4-6-25(17)19/h3-6,12-14H,7-11H2,1-2H3,(H,21,26). The van der Waals surface area contributed by atoms with Crippen molar-refractivity contribution in [3.63, 3.8) is 0 Å². The van der Waals surface area contributed by atoms with Gasteiger partial charge in [0.05, 0.1) is 24.4 Å². The topological polar surface area (TPSA) is 76.7 Å². The van der Waals surface area contributed by atoms with Gasteiger partial charge in [0.25, 0.3) is 5.91 Å². The molecule has 1 aliphatic rings. The molecular formula is C19H24N6O2. The van der Waals surface area contributed by atoms with E-state index in [1.54, 1.807) is 17.1 Å². The third-order valence-corrected chi connectivity index (χ3v) is 4.55. The number of fused-ring (bicyclic) bond motifs is 1. The number of aromatic nitrogens is 4. The van der Waals surface area contributed by atoms with E-state index in [0.717, 1.165) is 50.0 Å². The molecule has 8 nitrogen and oxygen atoms in total. The number of ether oxygens (including phenoxy) is 1. The van der Waals surface area contributed by atoms with Crippen LogP contribution in [0.2, 0.25) is 0 Å². The SMILES string of the molecule is CC(C)NC(=O)c1cn(-c2nc(CN3CCOCC3)c3ccccn23)cn1. The normalized spacial score (nSPS) is 15.5. The molecule has 0 unspecified atom stereocenters. The molecule has 3 aromatic rings. The van der Waals surface area contributed by atoms with Crippen molar-refractivity contribution >= 4 is 11.4 Å². The second-order valence-electron chi connectivity index (χ2n) is 7.00. The Morgan fingerprint density at radius 2 is 2.11 bits per heavy atom. The number of nitrogens with zero attached hydrogens (tertiary/aromatic N) is 5. The number of imidazole rings is 2. The Hall–Kier alpha value is -2.71. The van der Waals surface area contributed by atoms with Crippen molar-refractivity contribution in [1.29, 1.82) is 0 Å². The maximum absolute atomic E-state index is 12.2. The second-order valence-corrected chi connectivity index (χ2v) is 7.00. The highest BCUT2D eigenvalue weighted by molar-refractivity contribution is 5.92. The van der Waals surface area contributed by atoms with Gasteiger partial charge >= 0.3 is 0 Å². The number of carbonyl (C=O) groups excluding carboxylic acids is 1. The molecule has 3 aromatic heterocycles. The molecule has 4 rings (SSSR count). The molecule has 1 saturated heterocycles. The van der Waals surface area contributed by atoms with Crippen LogP contribution in [-0.2, 0) is 11.3 Å². The van der Waals surface area contributed by atoms with Gasteiger partial charge in [-0.25, -0.2) is 9.97 Å². The summed E-state index contributed by atoms with van der Waals surface area (Å²) in [5.41, 5.74) is 2.45. The Morgan fingerprint density at radius 3 is 2.89 bits per heavy atom. The van der Waals surface area contributed by atoms with E-state index in [2.05, 4.69) is 21.3 Å². The number of morpholine rings is 1. The third-order valence-electron chi connectivity index (χ3n) is 4.55. The van der Waals surface area contributed by atoms with Crippen LogP contribution in [0.5, 0.6) is 0 Å². The number of rotatable bonds is 5. The van der Waals surface area contributed by atoms with Crippen molar-refractivity contribution in [1.82, 2.24) is 29.2 Å². The van der Waals surface area contributed by atoms with E-state index >= 15 is 0 Å². The van der Waals surface area contributed by atoms with E-state index in [4.69, 9.17) is 9.72 Å². The quantitative estimate of drug-likeness (QED) is 0.738. The number of nitrogens with one attached hydrogen (secondary N) is 1. The number of amides is 1. The average molecular weight is 368 g/mol. The maximum Gasteiger partial charge on any atom is 0.271 e. The van der Waals surface area contributed by atoms with E-state index in [0.29, 0.717) is 5.69 Å². The lowest BCUT2D eigenvalue weighted by Crippen LogP contribution is -2.35. The Balaban J connectivity index is 1.66. The molecule has 1 fully saturated rings. The molecule has 0 radical (unpaired) electrons. The minimum atomic E-state index is -0.182. The molecule has 8 heteroatoms. The monoisotopic (exact) mass is 368 g/mol. The van der Waals surface area contributed by atoms with Crippen LogP contribution >= 0.6 is 0 Å². The van der Waals surface area contributed by atoms with Gasteiger partial charge in [0.2, 0.25) is 5.95 Å². The van der Waals surface area contributed by atoms with Gasteiger partial charge in [0, 0.05) is 38.1 Å². The Morgan fingerprint density at radius 1 is 1.30 bits per heavy atom. The summed E-state index contributed by atoms with van der Waals surface area (Å²) in [5.74, 6) is 0.545. The third kappa shape index (κ3) is 3.72. The predicted molar refractivity (Wildman–Crippen MR) is 101 cm³/mol. The van der Waals surface area contributed by atoms with Crippen molar-refractivity contribution in [2.45, 2.75) is 26.4 Å². The summed E-state index contributed by atoms with van der Waals surface area (Å²) < 4.78 is 9.26. The van der Waals surface area contributed by atoms with Crippen LogP contribution in [-0.4, -0.2) is 62.1 Å². The molecule has 0 aliphatic carbocycles. The molecule has 4 heterocycles. The van der Waals surface area contributed by atoms with Gasteiger partial charge in [0.15, 0.2) is 0 Å². The van der Waals surface area contributed by atoms with Crippen molar-refractivity contribution in [3.8, 4) is 5.95 Å². The van der Waals surface area contributed by atoms with E-state index < -0.39 is 0 Å². The summed E-state index contributed by atoms with van der Waals surface area (Å²) in [6.45, 7) is 7.95. The highest BCUT2D eigenvalue weighted by Gasteiger charge is 2.18. The number of hydrogen-bond donors (Lipinski definition) is 1. The highest BCUT2D eigenvalue weighted by Crippen LogP contribution is 2.19. The lowest BCUT2D eigenvalue weighted by atomic mass is 10.3. The van der Waals surface area contributed by atoms with E-state index in [-0.39, 0.29) is 11.9 Å². The maximum atomic E-state index is 12.2. The molecule has 27 heavy (non-hydrogen) atoms. The van der Waals surface area contributed by atoms with Crippen LogP contribution < -0.4 is 5.32 Å². The number of pyridine rings is 1. The number of hydrogen-bond acceptors (Lipinski definition) is 5. The average Bonchev–Trinajstić information content (AvgIpc) is 3.28. The van der Waals surface area contributed by atoms with Crippen LogP contribution in [0, 0.1) is 0 Å². The van der Waals surface area contributed by atoms with Gasteiger partial charge in [-0.2, -0.15) is 0 Å². The molecule has 0 saturated carbocycles. The summed E-state index contributed by atoms with van der Waals surface area (Å²) in [5, 5.41) is 2.86. The first-order valence-electron chi connectivity index (χ1n) is 9.23. The summed E-state index contributed by atoms with van der Waals surface area (Å²) in [6.07, 6.45) is 5.34. The largest absolute Gasteiger partial charge is 0.379 e. The molecule has 1 amide bonds. The zero-order valence-corrected chi connectivity index (χ0v) is 15.6. The highest BCUT2D eigenvalue weighted by atomic mass is 16.5. The molecule has 1 aliphatic heterocycles. The van der Waals surface area contributed by atoms with Gasteiger partial charge in [0.1, 0.15) is 12.0 Å². The molecule has 142 valence electrons. The molecule has 0 aromatic carbocycles. The van der Waals surface area contributed by atoms with E-state index in [1.807, 2.05) is 36.6 Å². The van der Waals surface area contributed by atoms with Crippen LogP contribution in [0.4, 0.5) is 0 Å². The summed E-state index contributed by atoms with van der Waals surface area (Å²) in [6, 6.07) is 6.12. The van der Waals surface area contributed by atoms with Crippen molar-refractivity contribution in [2.24, 2.45) is 0 Å². The summed E-state index contributed by atoms with van der Waals surface area (Å²) in [7, 11) is 0. The van der Waals surface area contributed by atoms with Gasteiger partial charge in [-0.3, -0.25) is 18.7 Å². The lowest BCUT2D eigenvalue weighted by molar-refractivity contribution is 0.0339. The first-order chi connectivity index (χ1) is 13.1. The Labute approximate surface area is 157 Å². The predicted octanol–water partition coefficient (Wildman–Crippen LogP) is 1.49. The van der Waals surface area contributed by atoms with Crippen molar-refractivity contribution in [2.75, 3.05) is 26.3 Å². The lowest BCUT2D eigenvalue weighted by Gasteiger charge is -2.25. The van der Waals surface area contributed by atoms with Gasteiger partial charge in [-0.1, -0.05) is 6.07 Å². The first-order valence-corrected chi connectivity index (χ1v) is 9.23. The first kappa shape index (κ1) is 17.7. The summed E-state index contributed by atoms with van der Waals surface area (Å²) in [4.78, 5) is 23.7. The minimum Gasteiger partial charge on any atom is -0.379 e. The van der Waals surface area contributed by atoms with Crippen LogP contribution in [0.1, 0.15) is 30.0 Å². The van der Waals surface area contributed by atoms with Crippen LogP contribution in [0.15, 0.2) is 36.9 Å². The van der Waals surface area contributed by atoms with Crippen molar-refractivity contribution < 1.29 is 9.53 Å². The zero-order chi connectivity index (χ0) is 18.8. The molecule has 1 N–H and O–H groups in total. The molecule has 0 spiro atoms. The van der Waals surface area contributed by atoms with Gasteiger partial charge in [-0.05, 0) is 26.0 Å². The van der Waals surface area contributed by atoms with Gasteiger partial charge in [-0.15, -0.1) is 0 Å². The minimum absolute atomic E-state index is 0.0648.